The number of carbonyl (C=O) groups excluding carboxylic acids is 1. The minimum Gasteiger partial charge on any atom is -0.325 e. The monoisotopic (exact) mass is 260 g/mol. The molecule has 0 N–H and O–H groups in total. The van der Waals surface area contributed by atoms with E-state index in [9.17, 15) is 4.79 Å². The molecule has 1 aliphatic heterocycles. The van der Waals surface area contributed by atoms with Crippen LogP contribution in [-0.4, -0.2) is 36.0 Å². The number of nitrogens with zero attached hydrogens (tertiary/aromatic N) is 2. The summed E-state index contributed by atoms with van der Waals surface area (Å²) in [6, 6.07) is 8.56. The van der Waals surface area contributed by atoms with E-state index in [0.29, 0.717) is 6.54 Å². The lowest BCUT2D eigenvalue weighted by Gasteiger charge is -2.27. The summed E-state index contributed by atoms with van der Waals surface area (Å²) in [6.45, 7) is 4.60. The summed E-state index contributed by atoms with van der Waals surface area (Å²) >= 11 is 0. The Morgan fingerprint density at radius 1 is 1.11 bits per heavy atom. The summed E-state index contributed by atoms with van der Waals surface area (Å²) in [7, 11) is 1.90. The van der Waals surface area contributed by atoms with E-state index in [2.05, 4.69) is 31.2 Å². The van der Waals surface area contributed by atoms with Crippen molar-refractivity contribution in [1.29, 1.82) is 0 Å². The molecule has 104 valence electrons. The highest BCUT2D eigenvalue weighted by Crippen LogP contribution is 2.13. The topological polar surface area (TPSA) is 23.6 Å². The number of hydrogen-bond acceptors (Lipinski definition) is 1. The van der Waals surface area contributed by atoms with Crippen molar-refractivity contribution < 1.29 is 4.79 Å². The third kappa shape index (κ3) is 3.98. The first kappa shape index (κ1) is 13.9. The van der Waals surface area contributed by atoms with Crippen molar-refractivity contribution in [2.45, 2.75) is 39.2 Å². The quantitative estimate of drug-likeness (QED) is 0.799. The van der Waals surface area contributed by atoms with Crippen LogP contribution in [0.15, 0.2) is 24.3 Å². The van der Waals surface area contributed by atoms with Crippen LogP contribution >= 0.6 is 0 Å². The smallest absolute Gasteiger partial charge is 0.320 e. The Bertz CT molecular complexity index is 405. The van der Waals surface area contributed by atoms with Crippen molar-refractivity contribution in [3.8, 4) is 0 Å². The first-order chi connectivity index (χ1) is 9.16. The second kappa shape index (κ2) is 6.60. The number of amides is 2. The summed E-state index contributed by atoms with van der Waals surface area (Å²) in [5, 5.41) is 0. The van der Waals surface area contributed by atoms with Crippen LogP contribution in [0, 0.1) is 6.92 Å². The Morgan fingerprint density at radius 3 is 2.26 bits per heavy atom. The van der Waals surface area contributed by atoms with E-state index in [4.69, 9.17) is 0 Å². The highest BCUT2D eigenvalue weighted by molar-refractivity contribution is 5.74. The Balaban J connectivity index is 1.92. The Labute approximate surface area is 116 Å². The number of likely N-dealkylation sites (tertiary alicyclic amines) is 1. The lowest BCUT2D eigenvalue weighted by Crippen LogP contribution is -2.41. The number of urea groups is 1. The van der Waals surface area contributed by atoms with Crippen LogP contribution in [-0.2, 0) is 6.54 Å². The molecular weight excluding hydrogens is 236 g/mol. The van der Waals surface area contributed by atoms with E-state index in [1.54, 1.807) is 0 Å². The molecule has 1 aliphatic rings. The zero-order valence-corrected chi connectivity index (χ0v) is 12.1. The second-order valence-electron chi connectivity index (χ2n) is 5.53. The van der Waals surface area contributed by atoms with Gasteiger partial charge in [0.1, 0.15) is 0 Å². The van der Waals surface area contributed by atoms with E-state index in [0.717, 1.165) is 25.9 Å². The molecule has 1 saturated heterocycles. The molecule has 1 fully saturated rings. The van der Waals surface area contributed by atoms with Crippen molar-refractivity contribution >= 4 is 6.03 Å². The van der Waals surface area contributed by atoms with Crippen molar-refractivity contribution in [2.24, 2.45) is 0 Å². The van der Waals surface area contributed by atoms with Crippen LogP contribution in [0.5, 0.6) is 0 Å². The molecule has 1 aromatic carbocycles. The molecule has 2 rings (SSSR count). The van der Waals surface area contributed by atoms with Crippen LogP contribution in [0.25, 0.3) is 0 Å². The van der Waals surface area contributed by atoms with Gasteiger partial charge in [0, 0.05) is 26.7 Å². The maximum atomic E-state index is 12.4. The fourth-order valence-corrected chi connectivity index (χ4v) is 2.54. The number of aryl methyl sites for hydroxylation is 1. The van der Waals surface area contributed by atoms with Gasteiger partial charge in [-0.1, -0.05) is 42.7 Å². The lowest BCUT2D eigenvalue weighted by atomic mass is 10.1. The van der Waals surface area contributed by atoms with Gasteiger partial charge in [0.05, 0.1) is 0 Å². The van der Waals surface area contributed by atoms with Gasteiger partial charge in [-0.3, -0.25) is 0 Å². The summed E-state index contributed by atoms with van der Waals surface area (Å²) in [5.41, 5.74) is 2.45. The summed E-state index contributed by atoms with van der Waals surface area (Å²) in [6.07, 6.45) is 4.80. The molecule has 0 spiro atoms. The van der Waals surface area contributed by atoms with Gasteiger partial charge < -0.3 is 9.80 Å². The van der Waals surface area contributed by atoms with Gasteiger partial charge >= 0.3 is 6.03 Å². The molecule has 0 saturated carbocycles. The largest absolute Gasteiger partial charge is 0.325 e. The van der Waals surface area contributed by atoms with Gasteiger partial charge in [-0.05, 0) is 25.3 Å². The van der Waals surface area contributed by atoms with Gasteiger partial charge in [0.25, 0.3) is 0 Å². The molecule has 1 heterocycles. The van der Waals surface area contributed by atoms with E-state index in [-0.39, 0.29) is 6.03 Å². The molecule has 2 amide bonds. The molecule has 0 unspecified atom stereocenters. The SMILES string of the molecule is Cc1ccc(CN(C)C(=O)N2CCCCCC2)cc1. The summed E-state index contributed by atoms with van der Waals surface area (Å²) in [5.74, 6) is 0. The lowest BCUT2D eigenvalue weighted by molar-refractivity contribution is 0.162. The average molecular weight is 260 g/mol. The van der Waals surface area contributed by atoms with Crippen LogP contribution in [0.3, 0.4) is 0 Å². The predicted molar refractivity (Wildman–Crippen MR) is 78.1 cm³/mol. The van der Waals surface area contributed by atoms with Gasteiger partial charge in [-0.2, -0.15) is 0 Å². The zero-order valence-electron chi connectivity index (χ0n) is 12.1. The van der Waals surface area contributed by atoms with Crippen molar-refractivity contribution in [3.05, 3.63) is 35.4 Å². The van der Waals surface area contributed by atoms with Crippen molar-refractivity contribution in [3.63, 3.8) is 0 Å². The minimum atomic E-state index is 0.169. The Kier molecular flexibility index (Phi) is 4.83. The zero-order chi connectivity index (χ0) is 13.7. The van der Waals surface area contributed by atoms with E-state index >= 15 is 0 Å². The molecule has 0 atom stereocenters. The number of rotatable bonds is 2. The highest BCUT2D eigenvalue weighted by Gasteiger charge is 2.18. The van der Waals surface area contributed by atoms with Gasteiger partial charge in [0.15, 0.2) is 0 Å². The van der Waals surface area contributed by atoms with Crippen LogP contribution in [0.4, 0.5) is 4.79 Å². The molecule has 3 heteroatoms. The molecular formula is C16H24N2O. The molecule has 3 nitrogen and oxygen atoms in total. The van der Waals surface area contributed by atoms with Gasteiger partial charge in [0.2, 0.25) is 0 Å². The first-order valence-corrected chi connectivity index (χ1v) is 7.22. The number of hydrogen-bond donors (Lipinski definition) is 0. The maximum Gasteiger partial charge on any atom is 0.320 e. The average Bonchev–Trinajstić information content (AvgIpc) is 2.69. The first-order valence-electron chi connectivity index (χ1n) is 7.22. The van der Waals surface area contributed by atoms with Gasteiger partial charge in [-0.25, -0.2) is 4.79 Å². The van der Waals surface area contributed by atoms with Crippen molar-refractivity contribution in [1.82, 2.24) is 9.80 Å². The maximum absolute atomic E-state index is 12.4. The molecule has 0 radical (unpaired) electrons. The molecule has 19 heavy (non-hydrogen) atoms. The minimum absolute atomic E-state index is 0.169. The second-order valence-corrected chi connectivity index (χ2v) is 5.53. The fourth-order valence-electron chi connectivity index (χ4n) is 2.54. The number of carbonyl (C=O) groups is 1. The van der Waals surface area contributed by atoms with E-state index in [1.807, 2.05) is 16.8 Å². The molecule has 0 bridgehead atoms. The van der Waals surface area contributed by atoms with E-state index in [1.165, 1.54) is 24.0 Å². The van der Waals surface area contributed by atoms with Crippen molar-refractivity contribution in [2.75, 3.05) is 20.1 Å². The summed E-state index contributed by atoms with van der Waals surface area (Å²) < 4.78 is 0. The third-order valence-corrected chi connectivity index (χ3v) is 3.74. The van der Waals surface area contributed by atoms with Crippen LogP contribution < -0.4 is 0 Å². The van der Waals surface area contributed by atoms with E-state index < -0.39 is 0 Å². The van der Waals surface area contributed by atoms with Crippen LogP contribution in [0.2, 0.25) is 0 Å². The Hall–Kier alpha value is -1.51. The number of benzene rings is 1. The molecule has 0 aliphatic carbocycles. The standard InChI is InChI=1S/C16H24N2O/c1-14-7-9-15(10-8-14)13-17(2)16(19)18-11-5-3-4-6-12-18/h7-10H,3-6,11-13H2,1-2H3. The fraction of sp³-hybridized carbons (Fsp3) is 0.562. The van der Waals surface area contributed by atoms with Crippen LogP contribution in [0.1, 0.15) is 36.8 Å². The Morgan fingerprint density at radius 2 is 1.68 bits per heavy atom. The normalized spacial score (nSPS) is 16.0. The highest BCUT2D eigenvalue weighted by atomic mass is 16.2. The molecule has 0 aromatic heterocycles. The van der Waals surface area contributed by atoms with Gasteiger partial charge in [-0.15, -0.1) is 0 Å². The summed E-state index contributed by atoms with van der Waals surface area (Å²) in [4.78, 5) is 16.2. The predicted octanol–water partition coefficient (Wildman–Crippen LogP) is 3.42. The third-order valence-electron chi connectivity index (χ3n) is 3.74. The molecule has 1 aromatic rings.